The molecular weight excluding hydrogens is 330 g/mol. The Balaban J connectivity index is 1.81. The number of rotatable bonds is 8. The topological polar surface area (TPSA) is 79.0 Å². The zero-order valence-electron chi connectivity index (χ0n) is 14.0. The first-order valence-corrected chi connectivity index (χ1v) is 9.90. The number of carbonyl (C=O) groups excluding carboxylic acids is 1. The summed E-state index contributed by atoms with van der Waals surface area (Å²) >= 11 is 0. The molecule has 0 radical (unpaired) electrons. The summed E-state index contributed by atoms with van der Waals surface area (Å²) in [6.07, 6.45) is 1.31. The van der Waals surface area contributed by atoms with Gasteiger partial charge in [-0.3, -0.25) is 9.69 Å². The molecule has 1 aromatic carbocycles. The second-order valence-corrected chi connectivity index (χ2v) is 7.76. The first kappa shape index (κ1) is 18.9. The Kier molecular flexibility index (Phi) is 7.16. The number of amides is 1. The minimum absolute atomic E-state index is 0.130. The summed E-state index contributed by atoms with van der Waals surface area (Å²) in [4.78, 5) is 14.2. The third kappa shape index (κ3) is 6.56. The molecule has 2 rings (SSSR count). The van der Waals surface area contributed by atoms with E-state index in [0.29, 0.717) is 32.0 Å². The van der Waals surface area contributed by atoms with Crippen molar-refractivity contribution >= 4 is 21.6 Å². The van der Waals surface area contributed by atoms with Gasteiger partial charge in [-0.25, -0.2) is 12.7 Å². The average molecular weight is 355 g/mol. The molecule has 1 aliphatic heterocycles. The van der Waals surface area contributed by atoms with E-state index in [2.05, 4.69) is 10.2 Å². The minimum Gasteiger partial charge on any atom is -0.379 e. The van der Waals surface area contributed by atoms with E-state index in [1.54, 1.807) is 12.1 Å². The van der Waals surface area contributed by atoms with Crippen molar-refractivity contribution in [1.82, 2.24) is 9.21 Å². The number of nitrogens with one attached hydrogen (secondary N) is 1. The van der Waals surface area contributed by atoms with Crippen molar-refractivity contribution in [2.24, 2.45) is 0 Å². The highest BCUT2D eigenvalue weighted by Crippen LogP contribution is 2.07. The molecule has 1 amide bonds. The maximum atomic E-state index is 12.0. The maximum Gasteiger partial charge on any atom is 0.225 e. The van der Waals surface area contributed by atoms with Gasteiger partial charge in [0.05, 0.1) is 19.5 Å². The standard InChI is InChI=1S/C16H25N3O4S/c1-24(21,22)19(10-9-18-11-13-23-14-12-18)8-7-16(20)17-15-5-3-2-4-6-15/h2-6H,7-14H2,1H3,(H,17,20). The van der Waals surface area contributed by atoms with Gasteiger partial charge in [0.1, 0.15) is 0 Å². The van der Waals surface area contributed by atoms with Crippen LogP contribution in [0.2, 0.25) is 0 Å². The minimum atomic E-state index is -3.34. The zero-order valence-corrected chi connectivity index (χ0v) is 14.8. The number of morpholine rings is 1. The van der Waals surface area contributed by atoms with Gasteiger partial charge in [-0.15, -0.1) is 0 Å². The summed E-state index contributed by atoms with van der Waals surface area (Å²) in [5.41, 5.74) is 0.710. The number of hydrogen-bond acceptors (Lipinski definition) is 5. The maximum absolute atomic E-state index is 12.0. The number of hydrogen-bond donors (Lipinski definition) is 1. The van der Waals surface area contributed by atoms with Crippen molar-refractivity contribution in [1.29, 1.82) is 0 Å². The van der Waals surface area contributed by atoms with Crippen LogP contribution < -0.4 is 5.32 Å². The van der Waals surface area contributed by atoms with Crippen LogP contribution in [0.5, 0.6) is 0 Å². The number of sulfonamides is 1. The Morgan fingerprint density at radius 1 is 1.21 bits per heavy atom. The Hall–Kier alpha value is -1.48. The van der Waals surface area contributed by atoms with Crippen molar-refractivity contribution in [3.63, 3.8) is 0 Å². The van der Waals surface area contributed by atoms with Gasteiger partial charge in [-0.05, 0) is 12.1 Å². The molecule has 0 atom stereocenters. The monoisotopic (exact) mass is 355 g/mol. The molecule has 1 N–H and O–H groups in total. The molecule has 1 heterocycles. The molecule has 1 aliphatic rings. The Morgan fingerprint density at radius 3 is 2.50 bits per heavy atom. The molecule has 0 saturated carbocycles. The molecule has 1 fully saturated rings. The van der Waals surface area contributed by atoms with E-state index in [9.17, 15) is 13.2 Å². The van der Waals surface area contributed by atoms with Crippen molar-refractivity contribution in [2.45, 2.75) is 6.42 Å². The normalized spacial score (nSPS) is 16.2. The lowest BCUT2D eigenvalue weighted by Gasteiger charge is -2.29. The van der Waals surface area contributed by atoms with E-state index in [1.165, 1.54) is 10.6 Å². The van der Waals surface area contributed by atoms with Crippen LogP contribution in [-0.2, 0) is 19.6 Å². The lowest BCUT2D eigenvalue weighted by atomic mass is 10.3. The molecule has 0 spiro atoms. The SMILES string of the molecule is CS(=O)(=O)N(CCC(=O)Nc1ccccc1)CCN1CCOCC1. The van der Waals surface area contributed by atoms with Gasteiger partial charge in [-0.1, -0.05) is 18.2 Å². The number of benzene rings is 1. The van der Waals surface area contributed by atoms with E-state index in [-0.39, 0.29) is 18.9 Å². The largest absolute Gasteiger partial charge is 0.379 e. The molecule has 0 unspecified atom stereocenters. The molecule has 0 bridgehead atoms. The molecule has 1 aromatic rings. The summed E-state index contributed by atoms with van der Waals surface area (Å²) in [5.74, 6) is -0.193. The number of ether oxygens (including phenoxy) is 1. The summed E-state index contributed by atoms with van der Waals surface area (Å²) in [7, 11) is -3.34. The summed E-state index contributed by atoms with van der Waals surface area (Å²) in [5, 5.41) is 2.77. The Bertz CT molecular complexity index is 615. The molecule has 24 heavy (non-hydrogen) atoms. The zero-order chi connectivity index (χ0) is 17.4. The Morgan fingerprint density at radius 2 is 1.88 bits per heavy atom. The van der Waals surface area contributed by atoms with E-state index in [1.807, 2.05) is 18.2 Å². The summed E-state index contributed by atoms with van der Waals surface area (Å²) in [6, 6.07) is 9.13. The van der Waals surface area contributed by atoms with E-state index < -0.39 is 10.0 Å². The van der Waals surface area contributed by atoms with Gasteiger partial charge in [0.2, 0.25) is 15.9 Å². The van der Waals surface area contributed by atoms with E-state index in [4.69, 9.17) is 4.74 Å². The van der Waals surface area contributed by atoms with Gasteiger partial charge in [-0.2, -0.15) is 0 Å². The average Bonchev–Trinajstić information content (AvgIpc) is 2.55. The van der Waals surface area contributed by atoms with Gasteiger partial charge < -0.3 is 10.1 Å². The first-order valence-electron chi connectivity index (χ1n) is 8.05. The summed E-state index contributed by atoms with van der Waals surface area (Å²) in [6.45, 7) is 4.20. The predicted octanol–water partition coefficient (Wildman–Crippen LogP) is 0.609. The molecule has 134 valence electrons. The highest BCUT2D eigenvalue weighted by atomic mass is 32.2. The van der Waals surface area contributed by atoms with Crippen LogP contribution in [0.3, 0.4) is 0 Å². The fourth-order valence-electron chi connectivity index (χ4n) is 2.49. The summed E-state index contributed by atoms with van der Waals surface area (Å²) < 4.78 is 30.5. The van der Waals surface area contributed by atoms with Crippen LogP contribution in [0.25, 0.3) is 0 Å². The van der Waals surface area contributed by atoms with Crippen molar-refractivity contribution in [3.05, 3.63) is 30.3 Å². The number of para-hydroxylation sites is 1. The molecule has 8 heteroatoms. The molecule has 7 nitrogen and oxygen atoms in total. The second kappa shape index (κ2) is 9.12. The van der Waals surface area contributed by atoms with Crippen LogP contribution in [0.15, 0.2) is 30.3 Å². The van der Waals surface area contributed by atoms with Crippen molar-refractivity contribution < 1.29 is 17.9 Å². The van der Waals surface area contributed by atoms with Gasteiger partial charge >= 0.3 is 0 Å². The fraction of sp³-hybridized carbons (Fsp3) is 0.562. The predicted molar refractivity (Wildman–Crippen MR) is 93.4 cm³/mol. The third-order valence-corrected chi connectivity index (χ3v) is 5.19. The fourth-order valence-corrected chi connectivity index (χ4v) is 3.33. The lowest BCUT2D eigenvalue weighted by Crippen LogP contribution is -2.43. The second-order valence-electron chi connectivity index (χ2n) is 5.78. The number of anilines is 1. The Labute approximate surface area is 143 Å². The van der Waals surface area contributed by atoms with Crippen LogP contribution in [-0.4, -0.2) is 75.7 Å². The quantitative estimate of drug-likeness (QED) is 0.739. The van der Waals surface area contributed by atoms with Gasteiger partial charge in [0.15, 0.2) is 0 Å². The van der Waals surface area contributed by atoms with E-state index >= 15 is 0 Å². The van der Waals surface area contributed by atoms with Gasteiger partial charge in [0, 0.05) is 44.8 Å². The van der Waals surface area contributed by atoms with Crippen molar-refractivity contribution in [3.8, 4) is 0 Å². The van der Waals surface area contributed by atoms with Crippen LogP contribution in [0.1, 0.15) is 6.42 Å². The highest BCUT2D eigenvalue weighted by molar-refractivity contribution is 7.88. The first-order chi connectivity index (χ1) is 11.4. The lowest BCUT2D eigenvalue weighted by molar-refractivity contribution is -0.116. The third-order valence-electron chi connectivity index (χ3n) is 3.88. The van der Waals surface area contributed by atoms with Crippen LogP contribution >= 0.6 is 0 Å². The van der Waals surface area contributed by atoms with Crippen LogP contribution in [0.4, 0.5) is 5.69 Å². The smallest absolute Gasteiger partial charge is 0.225 e. The molecular formula is C16H25N3O4S. The highest BCUT2D eigenvalue weighted by Gasteiger charge is 2.20. The molecule has 1 saturated heterocycles. The number of nitrogens with zero attached hydrogens (tertiary/aromatic N) is 2. The number of carbonyl (C=O) groups is 1. The van der Waals surface area contributed by atoms with Crippen LogP contribution in [0, 0.1) is 0 Å². The molecule has 0 aromatic heterocycles. The van der Waals surface area contributed by atoms with Crippen molar-refractivity contribution in [2.75, 3.05) is 57.5 Å². The van der Waals surface area contributed by atoms with Gasteiger partial charge in [0.25, 0.3) is 0 Å². The molecule has 0 aliphatic carbocycles. The van der Waals surface area contributed by atoms with E-state index in [0.717, 1.165) is 13.1 Å².